The van der Waals surface area contributed by atoms with E-state index in [-0.39, 0.29) is 12.1 Å². The molecule has 0 aliphatic heterocycles. The van der Waals surface area contributed by atoms with Gasteiger partial charge < -0.3 is 9.84 Å². The second kappa shape index (κ2) is 6.91. The lowest BCUT2D eigenvalue weighted by atomic mass is 10.1. The number of benzene rings is 1. The number of hydrogen-bond acceptors (Lipinski definition) is 4. The van der Waals surface area contributed by atoms with Crippen LogP contribution in [0.1, 0.15) is 24.2 Å². The highest BCUT2D eigenvalue weighted by atomic mass is 16.5. The number of methoxy groups -OCH3 is 1. The van der Waals surface area contributed by atoms with Crippen LogP contribution in [0.15, 0.2) is 46.8 Å². The molecule has 0 bridgehead atoms. The number of nitrogens with zero attached hydrogens (tertiary/aromatic N) is 2. The number of ether oxygens (including phenoxy) is 1. The van der Waals surface area contributed by atoms with Crippen LogP contribution in [0, 0.1) is 0 Å². The van der Waals surface area contributed by atoms with Crippen molar-refractivity contribution >= 4 is 5.97 Å². The predicted octanol–water partition coefficient (Wildman–Crippen LogP) is 2.58. The maximum Gasteiger partial charge on any atom is 0.341 e. The molecule has 0 spiro atoms. The first-order valence-corrected chi connectivity index (χ1v) is 7.05. The molecule has 0 amide bonds. The van der Waals surface area contributed by atoms with Crippen molar-refractivity contribution in [2.75, 3.05) is 7.11 Å². The molecule has 2 aromatic rings. The molecule has 0 aliphatic carbocycles. The highest BCUT2D eigenvalue weighted by molar-refractivity contribution is 5.88. The van der Waals surface area contributed by atoms with Crippen molar-refractivity contribution in [3.8, 4) is 17.0 Å². The minimum atomic E-state index is -1.27. The fraction of sp³-hybridized carbons (Fsp3) is 0.235. The van der Waals surface area contributed by atoms with E-state index in [1.54, 1.807) is 31.4 Å². The lowest BCUT2D eigenvalue weighted by Crippen LogP contribution is -2.28. The third kappa shape index (κ3) is 3.85. The molecule has 1 N–H and O–H groups in total. The van der Waals surface area contributed by atoms with Crippen molar-refractivity contribution in [2.45, 2.75) is 20.4 Å². The summed E-state index contributed by atoms with van der Waals surface area (Å²) in [6, 6.07) is 8.34. The summed E-state index contributed by atoms with van der Waals surface area (Å²) in [5, 5.41) is 13.5. The zero-order chi connectivity index (χ0) is 17.0. The van der Waals surface area contributed by atoms with E-state index in [1.165, 1.54) is 6.07 Å². The lowest BCUT2D eigenvalue weighted by Gasteiger charge is -2.08. The summed E-state index contributed by atoms with van der Waals surface area (Å²) >= 11 is 0. The summed E-state index contributed by atoms with van der Waals surface area (Å²) in [5.41, 5.74) is 1.23. The molecule has 1 aromatic heterocycles. The maximum absolute atomic E-state index is 12.2. The third-order valence-corrected chi connectivity index (χ3v) is 3.26. The van der Waals surface area contributed by atoms with Gasteiger partial charge in [-0.3, -0.25) is 4.79 Å². The van der Waals surface area contributed by atoms with Crippen molar-refractivity contribution in [1.29, 1.82) is 0 Å². The first kappa shape index (κ1) is 16.5. The summed E-state index contributed by atoms with van der Waals surface area (Å²) in [5.74, 6) is -0.580. The molecule has 0 saturated heterocycles. The Morgan fingerprint density at radius 2 is 1.96 bits per heavy atom. The van der Waals surface area contributed by atoms with Crippen LogP contribution in [0.4, 0.5) is 0 Å². The largest absolute Gasteiger partial charge is 0.497 e. The van der Waals surface area contributed by atoms with Gasteiger partial charge in [0, 0.05) is 5.56 Å². The van der Waals surface area contributed by atoms with Gasteiger partial charge in [-0.25, -0.2) is 9.48 Å². The van der Waals surface area contributed by atoms with Crippen LogP contribution in [0.25, 0.3) is 11.3 Å². The Hall–Kier alpha value is -2.89. The number of carbonyl (C=O) groups is 1. The van der Waals surface area contributed by atoms with Gasteiger partial charge in [-0.15, -0.1) is 0 Å². The third-order valence-electron chi connectivity index (χ3n) is 3.26. The molecule has 6 nitrogen and oxygen atoms in total. The highest BCUT2D eigenvalue weighted by Gasteiger charge is 2.15. The Morgan fingerprint density at radius 1 is 1.30 bits per heavy atom. The van der Waals surface area contributed by atoms with Crippen molar-refractivity contribution in [1.82, 2.24) is 9.78 Å². The molecular weight excluding hydrogens is 296 g/mol. The van der Waals surface area contributed by atoms with Crippen LogP contribution < -0.4 is 10.3 Å². The van der Waals surface area contributed by atoms with Gasteiger partial charge in [-0.1, -0.05) is 11.6 Å². The van der Waals surface area contributed by atoms with Gasteiger partial charge >= 0.3 is 5.97 Å². The summed E-state index contributed by atoms with van der Waals surface area (Å²) < 4.78 is 6.26. The average molecular weight is 314 g/mol. The monoisotopic (exact) mass is 314 g/mol. The van der Waals surface area contributed by atoms with E-state index in [1.807, 2.05) is 19.9 Å². The molecule has 0 unspecified atom stereocenters. The van der Waals surface area contributed by atoms with Crippen LogP contribution in [-0.4, -0.2) is 28.0 Å². The first-order chi connectivity index (χ1) is 10.9. The van der Waals surface area contributed by atoms with E-state index in [2.05, 4.69) is 5.10 Å². The first-order valence-electron chi connectivity index (χ1n) is 7.05. The van der Waals surface area contributed by atoms with E-state index in [9.17, 15) is 14.7 Å². The SMILES string of the molecule is COc1ccc(-c2cc(C(=O)O)c(=O)n(CC=C(C)C)n2)cc1. The Morgan fingerprint density at radius 3 is 2.48 bits per heavy atom. The van der Waals surface area contributed by atoms with Crippen LogP contribution >= 0.6 is 0 Å². The summed E-state index contributed by atoms with van der Waals surface area (Å²) in [4.78, 5) is 23.5. The molecule has 0 atom stereocenters. The minimum Gasteiger partial charge on any atom is -0.497 e. The van der Waals surface area contributed by atoms with Gasteiger partial charge in [0.25, 0.3) is 5.56 Å². The normalized spacial score (nSPS) is 10.2. The molecule has 0 aliphatic rings. The second-order valence-corrected chi connectivity index (χ2v) is 5.25. The molecule has 120 valence electrons. The lowest BCUT2D eigenvalue weighted by molar-refractivity contribution is 0.0694. The minimum absolute atomic E-state index is 0.228. The van der Waals surface area contributed by atoms with Crippen molar-refractivity contribution in [2.24, 2.45) is 0 Å². The second-order valence-electron chi connectivity index (χ2n) is 5.25. The van der Waals surface area contributed by atoms with Gasteiger partial charge in [0.1, 0.15) is 11.3 Å². The number of aromatic nitrogens is 2. The van der Waals surface area contributed by atoms with Crippen LogP contribution in [0.2, 0.25) is 0 Å². The zero-order valence-corrected chi connectivity index (χ0v) is 13.2. The smallest absolute Gasteiger partial charge is 0.341 e. The number of rotatable bonds is 5. The average Bonchev–Trinajstić information content (AvgIpc) is 2.53. The Balaban J connectivity index is 2.56. The quantitative estimate of drug-likeness (QED) is 0.858. The summed E-state index contributed by atoms with van der Waals surface area (Å²) in [6.07, 6.45) is 1.82. The molecule has 0 radical (unpaired) electrons. The Labute approximate surface area is 133 Å². The fourth-order valence-electron chi connectivity index (χ4n) is 1.99. The van der Waals surface area contributed by atoms with Gasteiger partial charge in [-0.05, 0) is 44.2 Å². The van der Waals surface area contributed by atoms with E-state index in [4.69, 9.17) is 4.74 Å². The standard InChI is InChI=1S/C17H18N2O4/c1-11(2)8-9-19-16(20)14(17(21)22)10-15(18-19)12-4-6-13(23-3)7-5-12/h4-8,10H,9H2,1-3H3,(H,21,22). The van der Waals surface area contributed by atoms with Crippen molar-refractivity contribution in [3.05, 3.63) is 57.9 Å². The predicted molar refractivity (Wildman–Crippen MR) is 86.9 cm³/mol. The molecule has 6 heteroatoms. The van der Waals surface area contributed by atoms with Gasteiger partial charge in [0.05, 0.1) is 19.3 Å². The molecular formula is C17H18N2O4. The van der Waals surface area contributed by atoms with E-state index >= 15 is 0 Å². The molecule has 2 rings (SSSR count). The summed E-state index contributed by atoms with van der Waals surface area (Å²) in [7, 11) is 1.56. The van der Waals surface area contributed by atoms with Crippen molar-refractivity contribution < 1.29 is 14.6 Å². The molecule has 0 fully saturated rings. The van der Waals surface area contributed by atoms with Crippen molar-refractivity contribution in [3.63, 3.8) is 0 Å². The van der Waals surface area contributed by atoms with E-state index < -0.39 is 11.5 Å². The van der Waals surface area contributed by atoms with E-state index in [0.717, 1.165) is 10.3 Å². The molecule has 23 heavy (non-hydrogen) atoms. The van der Waals surface area contributed by atoms with Crippen LogP contribution in [-0.2, 0) is 6.54 Å². The Kier molecular flexibility index (Phi) is 4.95. The van der Waals surface area contributed by atoms with Crippen LogP contribution in [0.5, 0.6) is 5.75 Å². The maximum atomic E-state index is 12.2. The number of aromatic carboxylic acids is 1. The molecule has 0 saturated carbocycles. The molecule has 1 heterocycles. The van der Waals surface area contributed by atoms with Gasteiger partial charge in [0.15, 0.2) is 0 Å². The number of hydrogen-bond donors (Lipinski definition) is 1. The number of carboxylic acid groups (broad SMARTS) is 1. The zero-order valence-electron chi connectivity index (χ0n) is 13.2. The van der Waals surface area contributed by atoms with Gasteiger partial charge in [0.2, 0.25) is 0 Å². The molecule has 1 aromatic carbocycles. The highest BCUT2D eigenvalue weighted by Crippen LogP contribution is 2.20. The summed E-state index contributed by atoms with van der Waals surface area (Å²) in [6.45, 7) is 4.03. The van der Waals surface area contributed by atoms with Crippen LogP contribution in [0.3, 0.4) is 0 Å². The number of allylic oxidation sites excluding steroid dienone is 2. The van der Waals surface area contributed by atoms with E-state index in [0.29, 0.717) is 17.0 Å². The fourth-order valence-corrected chi connectivity index (χ4v) is 1.99. The van der Waals surface area contributed by atoms with Gasteiger partial charge in [-0.2, -0.15) is 5.10 Å². The topological polar surface area (TPSA) is 81.4 Å². The number of carboxylic acids is 1. The Bertz CT molecular complexity index is 800.